The van der Waals surface area contributed by atoms with Gasteiger partial charge in [-0.3, -0.25) is 4.98 Å². The lowest BCUT2D eigenvalue weighted by Crippen LogP contribution is -2.24. The molecule has 0 aliphatic carbocycles. The molecule has 1 aromatic heterocycles. The second kappa shape index (κ2) is 6.48. The highest BCUT2D eigenvalue weighted by Crippen LogP contribution is 2.27. The van der Waals surface area contributed by atoms with Crippen molar-refractivity contribution in [1.82, 2.24) is 4.98 Å². The summed E-state index contributed by atoms with van der Waals surface area (Å²) < 4.78 is 13.9. The van der Waals surface area contributed by atoms with Crippen molar-refractivity contribution in [2.45, 2.75) is 19.4 Å². The molecule has 3 nitrogen and oxygen atoms in total. The van der Waals surface area contributed by atoms with E-state index in [0.717, 1.165) is 24.3 Å². The van der Waals surface area contributed by atoms with Crippen LogP contribution in [0, 0.1) is 5.82 Å². The average Bonchev–Trinajstić information content (AvgIpc) is 2.45. The summed E-state index contributed by atoms with van der Waals surface area (Å²) in [6.07, 6.45) is 2.59. The molecule has 0 saturated carbocycles. The first-order valence-corrected chi connectivity index (χ1v) is 6.74. The summed E-state index contributed by atoms with van der Waals surface area (Å²) >= 11 is 0. The molecule has 2 N–H and O–H groups in total. The molecule has 2 rings (SSSR count). The van der Waals surface area contributed by atoms with Gasteiger partial charge in [-0.05, 0) is 31.2 Å². The van der Waals surface area contributed by atoms with Crippen LogP contribution in [0.3, 0.4) is 0 Å². The largest absolute Gasteiger partial charge is 0.374 e. The summed E-state index contributed by atoms with van der Waals surface area (Å²) in [6.45, 7) is 2.56. The summed E-state index contributed by atoms with van der Waals surface area (Å²) in [4.78, 5) is 6.32. The van der Waals surface area contributed by atoms with Gasteiger partial charge in [0.15, 0.2) is 0 Å². The Labute approximate surface area is 119 Å². The van der Waals surface area contributed by atoms with Gasteiger partial charge < -0.3 is 10.6 Å². The van der Waals surface area contributed by atoms with E-state index in [1.807, 2.05) is 36.2 Å². The standard InChI is InChI=1S/C16H20FN3/c1-12(18)16-14(17)7-5-8-15(16)20(2)11-9-13-6-3-4-10-19-13/h3-8,10,12H,9,11,18H2,1-2H3/t12-/m1/s1. The molecule has 0 fully saturated rings. The molecule has 0 aliphatic rings. The van der Waals surface area contributed by atoms with Crippen LogP contribution in [-0.2, 0) is 6.42 Å². The molecule has 2 aromatic rings. The number of nitrogens with zero attached hydrogens (tertiary/aromatic N) is 2. The van der Waals surface area contributed by atoms with Gasteiger partial charge in [-0.25, -0.2) is 4.39 Å². The van der Waals surface area contributed by atoms with Crippen LogP contribution in [0.5, 0.6) is 0 Å². The van der Waals surface area contributed by atoms with Gasteiger partial charge in [0.1, 0.15) is 5.82 Å². The van der Waals surface area contributed by atoms with Gasteiger partial charge in [-0.2, -0.15) is 0 Å². The molecule has 1 heterocycles. The van der Waals surface area contributed by atoms with Crippen LogP contribution in [0.2, 0.25) is 0 Å². The Hall–Kier alpha value is -1.94. The van der Waals surface area contributed by atoms with Crippen molar-refractivity contribution >= 4 is 5.69 Å². The van der Waals surface area contributed by atoms with Crippen molar-refractivity contribution in [1.29, 1.82) is 0 Å². The maximum atomic E-state index is 13.9. The molecular formula is C16H20FN3. The fourth-order valence-corrected chi connectivity index (χ4v) is 2.26. The van der Waals surface area contributed by atoms with Crippen molar-refractivity contribution in [3.8, 4) is 0 Å². The topological polar surface area (TPSA) is 42.1 Å². The molecule has 20 heavy (non-hydrogen) atoms. The molecule has 0 radical (unpaired) electrons. The molecule has 0 unspecified atom stereocenters. The molecule has 0 amide bonds. The van der Waals surface area contributed by atoms with Gasteiger partial charge in [0, 0.05) is 49.2 Å². The Balaban J connectivity index is 2.13. The number of nitrogens with two attached hydrogens (primary N) is 1. The number of anilines is 1. The van der Waals surface area contributed by atoms with E-state index in [1.54, 1.807) is 19.2 Å². The van der Waals surface area contributed by atoms with E-state index in [1.165, 1.54) is 6.07 Å². The van der Waals surface area contributed by atoms with Crippen LogP contribution in [-0.4, -0.2) is 18.6 Å². The summed E-state index contributed by atoms with van der Waals surface area (Å²) in [7, 11) is 1.95. The first kappa shape index (κ1) is 14.5. The Morgan fingerprint density at radius 3 is 2.70 bits per heavy atom. The van der Waals surface area contributed by atoms with Crippen LogP contribution in [0.1, 0.15) is 24.2 Å². The Morgan fingerprint density at radius 2 is 2.05 bits per heavy atom. The fraction of sp³-hybridized carbons (Fsp3) is 0.312. The van der Waals surface area contributed by atoms with Gasteiger partial charge >= 0.3 is 0 Å². The summed E-state index contributed by atoms with van der Waals surface area (Å²) in [5, 5.41) is 0. The van der Waals surface area contributed by atoms with E-state index in [-0.39, 0.29) is 11.9 Å². The summed E-state index contributed by atoms with van der Waals surface area (Å²) in [5.74, 6) is -0.248. The van der Waals surface area contributed by atoms with Crippen molar-refractivity contribution in [2.75, 3.05) is 18.5 Å². The molecule has 0 spiro atoms. The molecule has 1 aromatic carbocycles. The Bertz CT molecular complexity index is 555. The predicted molar refractivity (Wildman–Crippen MR) is 80.2 cm³/mol. The number of likely N-dealkylation sites (N-methyl/N-ethyl adjacent to an activating group) is 1. The number of rotatable bonds is 5. The third-order valence-electron chi connectivity index (χ3n) is 3.33. The van der Waals surface area contributed by atoms with Crippen LogP contribution in [0.4, 0.5) is 10.1 Å². The Morgan fingerprint density at radius 1 is 1.25 bits per heavy atom. The maximum absolute atomic E-state index is 13.9. The number of halogens is 1. The second-order valence-corrected chi connectivity index (χ2v) is 4.95. The van der Waals surface area contributed by atoms with Crippen molar-refractivity contribution in [2.24, 2.45) is 5.73 Å². The van der Waals surface area contributed by atoms with Gasteiger partial charge in [-0.15, -0.1) is 0 Å². The lowest BCUT2D eigenvalue weighted by molar-refractivity contribution is 0.592. The van der Waals surface area contributed by atoms with E-state index in [4.69, 9.17) is 5.73 Å². The zero-order valence-electron chi connectivity index (χ0n) is 11.9. The normalized spacial score (nSPS) is 12.2. The number of aromatic nitrogens is 1. The second-order valence-electron chi connectivity index (χ2n) is 4.95. The number of benzene rings is 1. The highest BCUT2D eigenvalue weighted by Gasteiger charge is 2.15. The smallest absolute Gasteiger partial charge is 0.130 e. The third kappa shape index (κ3) is 3.33. The van der Waals surface area contributed by atoms with Crippen molar-refractivity contribution < 1.29 is 4.39 Å². The van der Waals surface area contributed by atoms with Gasteiger partial charge in [-0.1, -0.05) is 12.1 Å². The quantitative estimate of drug-likeness (QED) is 0.910. The molecule has 0 saturated heterocycles. The van der Waals surface area contributed by atoms with Crippen molar-refractivity contribution in [3.05, 3.63) is 59.7 Å². The van der Waals surface area contributed by atoms with E-state index in [9.17, 15) is 4.39 Å². The third-order valence-corrected chi connectivity index (χ3v) is 3.33. The van der Waals surface area contributed by atoms with Crippen LogP contribution < -0.4 is 10.6 Å². The van der Waals surface area contributed by atoms with Gasteiger partial charge in [0.25, 0.3) is 0 Å². The zero-order valence-corrected chi connectivity index (χ0v) is 11.9. The average molecular weight is 273 g/mol. The number of pyridine rings is 1. The Kier molecular flexibility index (Phi) is 4.69. The van der Waals surface area contributed by atoms with Crippen LogP contribution in [0.15, 0.2) is 42.6 Å². The molecule has 1 atom stereocenters. The highest BCUT2D eigenvalue weighted by atomic mass is 19.1. The molecule has 0 aliphatic heterocycles. The van der Waals surface area contributed by atoms with E-state index >= 15 is 0 Å². The predicted octanol–water partition coefficient (Wildman–Crippen LogP) is 2.92. The monoisotopic (exact) mass is 273 g/mol. The number of hydrogen-bond donors (Lipinski definition) is 1. The zero-order chi connectivity index (χ0) is 14.5. The lowest BCUT2D eigenvalue weighted by atomic mass is 10.0. The van der Waals surface area contributed by atoms with Crippen molar-refractivity contribution in [3.63, 3.8) is 0 Å². The minimum absolute atomic E-state index is 0.248. The molecule has 106 valence electrons. The van der Waals surface area contributed by atoms with E-state index in [2.05, 4.69) is 4.98 Å². The first-order chi connectivity index (χ1) is 9.59. The van der Waals surface area contributed by atoms with Gasteiger partial charge in [0.05, 0.1) is 0 Å². The first-order valence-electron chi connectivity index (χ1n) is 6.74. The fourth-order valence-electron chi connectivity index (χ4n) is 2.26. The van der Waals surface area contributed by atoms with Crippen LogP contribution >= 0.6 is 0 Å². The minimum Gasteiger partial charge on any atom is -0.374 e. The molecule has 0 bridgehead atoms. The number of hydrogen-bond acceptors (Lipinski definition) is 3. The molecular weight excluding hydrogens is 253 g/mol. The maximum Gasteiger partial charge on any atom is 0.130 e. The summed E-state index contributed by atoms with van der Waals surface area (Å²) in [6, 6.07) is 10.6. The highest BCUT2D eigenvalue weighted by molar-refractivity contribution is 5.55. The lowest BCUT2D eigenvalue weighted by Gasteiger charge is -2.24. The van der Waals surface area contributed by atoms with E-state index in [0.29, 0.717) is 5.56 Å². The SMILES string of the molecule is C[C@@H](N)c1c(F)cccc1N(C)CCc1ccccn1. The van der Waals surface area contributed by atoms with E-state index < -0.39 is 0 Å². The van der Waals surface area contributed by atoms with Crippen LogP contribution in [0.25, 0.3) is 0 Å². The van der Waals surface area contributed by atoms with Gasteiger partial charge in [0.2, 0.25) is 0 Å². The molecule has 4 heteroatoms. The minimum atomic E-state index is -0.330. The summed E-state index contributed by atoms with van der Waals surface area (Å²) in [5.41, 5.74) is 8.32.